The van der Waals surface area contributed by atoms with Crippen molar-refractivity contribution in [2.45, 2.75) is 18.8 Å². The average molecular weight is 374 g/mol. The highest BCUT2D eigenvalue weighted by molar-refractivity contribution is 9.10. The van der Waals surface area contributed by atoms with E-state index >= 15 is 0 Å². The zero-order valence-corrected chi connectivity index (χ0v) is 13.1. The Morgan fingerprint density at radius 2 is 2.24 bits per heavy atom. The Hall–Kier alpha value is -1.60. The number of carbonyl (C=O) groups is 1. The summed E-state index contributed by atoms with van der Waals surface area (Å²) in [5.41, 5.74) is 7.48. The molecule has 1 aromatic carbocycles. The van der Waals surface area contributed by atoms with Gasteiger partial charge in [0, 0.05) is 10.4 Å². The van der Waals surface area contributed by atoms with Crippen LogP contribution < -0.4 is 11.1 Å². The number of hydrogen-bond acceptors (Lipinski definition) is 3. The Bertz CT molecular complexity index is 706. The molecule has 8 heteroatoms. The Labute approximate surface area is 133 Å². The lowest BCUT2D eigenvalue weighted by molar-refractivity contribution is 0.102. The number of carbonyl (C=O) groups excluding carboxylic acids is 1. The zero-order valence-electron chi connectivity index (χ0n) is 10.7. The number of amides is 1. The molecule has 0 atom stereocenters. The Kier molecular flexibility index (Phi) is 3.62. The second-order valence-corrected chi connectivity index (χ2v) is 6.13. The molecule has 0 bridgehead atoms. The van der Waals surface area contributed by atoms with E-state index in [9.17, 15) is 9.18 Å². The molecule has 1 heterocycles. The molecule has 0 spiro atoms. The van der Waals surface area contributed by atoms with E-state index in [4.69, 9.17) is 17.3 Å². The first-order chi connectivity index (χ1) is 9.97. The number of nitrogen functional groups attached to an aromatic ring is 1. The van der Waals surface area contributed by atoms with Crippen LogP contribution in [-0.2, 0) is 0 Å². The summed E-state index contributed by atoms with van der Waals surface area (Å²) in [7, 11) is 0. The fourth-order valence-electron chi connectivity index (χ4n) is 2.05. The molecule has 110 valence electrons. The molecule has 4 N–H and O–H groups in total. The van der Waals surface area contributed by atoms with E-state index in [0.717, 1.165) is 24.6 Å². The van der Waals surface area contributed by atoms with Crippen molar-refractivity contribution in [3.8, 4) is 0 Å². The van der Waals surface area contributed by atoms with Gasteiger partial charge in [0.1, 0.15) is 5.82 Å². The van der Waals surface area contributed by atoms with Gasteiger partial charge < -0.3 is 11.1 Å². The summed E-state index contributed by atoms with van der Waals surface area (Å²) < 4.78 is 13.5. The van der Waals surface area contributed by atoms with Gasteiger partial charge in [-0.2, -0.15) is 5.10 Å². The normalized spacial score (nSPS) is 14.2. The Morgan fingerprint density at radius 1 is 1.52 bits per heavy atom. The van der Waals surface area contributed by atoms with Crippen molar-refractivity contribution in [1.82, 2.24) is 10.2 Å². The average Bonchev–Trinajstić information content (AvgIpc) is 3.17. The van der Waals surface area contributed by atoms with Crippen LogP contribution in [0.25, 0.3) is 0 Å². The molecule has 5 nitrogen and oxygen atoms in total. The highest BCUT2D eigenvalue weighted by Gasteiger charge is 2.30. The minimum absolute atomic E-state index is 0.0896. The summed E-state index contributed by atoms with van der Waals surface area (Å²) in [4.78, 5) is 12.2. The van der Waals surface area contributed by atoms with Crippen molar-refractivity contribution in [3.63, 3.8) is 0 Å². The standard InChI is InChI=1S/C13H11BrClFN4O/c14-7-3-6(16)4-8(15)11(7)18-13(21)12-9(17)10(19-20-12)5-1-2-5/h3-5H,1-2,17H2,(H,18,21)(H,19,20). The van der Waals surface area contributed by atoms with E-state index in [-0.39, 0.29) is 16.4 Å². The summed E-state index contributed by atoms with van der Waals surface area (Å²) in [5, 5.41) is 9.43. The number of rotatable bonds is 3. The number of nitrogens with one attached hydrogen (secondary N) is 2. The minimum Gasteiger partial charge on any atom is -0.395 e. The molecule has 1 saturated carbocycles. The van der Waals surface area contributed by atoms with E-state index in [1.807, 2.05) is 0 Å². The smallest absolute Gasteiger partial charge is 0.278 e. The number of anilines is 2. The Balaban J connectivity index is 1.87. The second-order valence-electron chi connectivity index (χ2n) is 4.87. The molecule has 1 aliphatic rings. The van der Waals surface area contributed by atoms with Crippen LogP contribution in [0.1, 0.15) is 34.9 Å². The predicted molar refractivity (Wildman–Crippen MR) is 82.0 cm³/mol. The third-order valence-electron chi connectivity index (χ3n) is 3.28. The maximum atomic E-state index is 13.2. The van der Waals surface area contributed by atoms with Gasteiger partial charge in [0.05, 0.1) is 22.1 Å². The maximum absolute atomic E-state index is 13.2. The second kappa shape index (κ2) is 5.31. The van der Waals surface area contributed by atoms with Crippen LogP contribution in [-0.4, -0.2) is 16.1 Å². The lowest BCUT2D eigenvalue weighted by atomic mass is 10.2. The van der Waals surface area contributed by atoms with Gasteiger partial charge in [-0.3, -0.25) is 9.89 Å². The summed E-state index contributed by atoms with van der Waals surface area (Å²) >= 11 is 9.08. The maximum Gasteiger partial charge on any atom is 0.278 e. The van der Waals surface area contributed by atoms with Crippen LogP contribution in [0.2, 0.25) is 5.02 Å². The van der Waals surface area contributed by atoms with Crippen LogP contribution in [0, 0.1) is 5.82 Å². The number of aromatic nitrogens is 2. The number of nitrogens with zero attached hydrogens (tertiary/aromatic N) is 1. The molecule has 2 aromatic rings. The summed E-state index contributed by atoms with van der Waals surface area (Å²) in [6.07, 6.45) is 2.09. The van der Waals surface area contributed by atoms with Crippen LogP contribution in [0.3, 0.4) is 0 Å². The zero-order chi connectivity index (χ0) is 15.1. The van der Waals surface area contributed by atoms with Crippen molar-refractivity contribution in [2.75, 3.05) is 11.1 Å². The van der Waals surface area contributed by atoms with Crippen molar-refractivity contribution < 1.29 is 9.18 Å². The summed E-state index contributed by atoms with van der Waals surface area (Å²) in [5.74, 6) is -0.634. The molecule has 0 saturated heterocycles. The minimum atomic E-state index is -0.500. The van der Waals surface area contributed by atoms with E-state index in [0.29, 0.717) is 16.1 Å². The number of aromatic amines is 1. The first kappa shape index (κ1) is 14.3. The van der Waals surface area contributed by atoms with Gasteiger partial charge in [-0.15, -0.1) is 0 Å². The number of nitrogens with two attached hydrogens (primary N) is 1. The van der Waals surface area contributed by atoms with Crippen LogP contribution >= 0.6 is 27.5 Å². The van der Waals surface area contributed by atoms with Gasteiger partial charge in [0.15, 0.2) is 5.69 Å². The first-order valence-corrected chi connectivity index (χ1v) is 7.44. The molecule has 0 unspecified atom stereocenters. The summed E-state index contributed by atoms with van der Waals surface area (Å²) in [6.45, 7) is 0. The number of halogens is 3. The van der Waals surface area contributed by atoms with E-state index in [1.165, 1.54) is 6.07 Å². The SMILES string of the molecule is Nc1c(C(=O)Nc2c(Cl)cc(F)cc2Br)n[nH]c1C1CC1. The first-order valence-electron chi connectivity index (χ1n) is 6.27. The topological polar surface area (TPSA) is 83.8 Å². The lowest BCUT2D eigenvalue weighted by Crippen LogP contribution is -2.15. The van der Waals surface area contributed by atoms with Crippen LogP contribution in [0.15, 0.2) is 16.6 Å². The number of benzene rings is 1. The molecule has 0 aliphatic heterocycles. The largest absolute Gasteiger partial charge is 0.395 e. The number of hydrogen-bond donors (Lipinski definition) is 3. The van der Waals surface area contributed by atoms with Gasteiger partial charge >= 0.3 is 0 Å². The molecule has 21 heavy (non-hydrogen) atoms. The van der Waals surface area contributed by atoms with Crippen molar-refractivity contribution in [1.29, 1.82) is 0 Å². The van der Waals surface area contributed by atoms with Gasteiger partial charge in [-0.25, -0.2) is 4.39 Å². The van der Waals surface area contributed by atoms with Crippen molar-refractivity contribution in [2.24, 2.45) is 0 Å². The van der Waals surface area contributed by atoms with Crippen molar-refractivity contribution in [3.05, 3.63) is 38.8 Å². The molecule has 0 radical (unpaired) electrons. The summed E-state index contributed by atoms with van der Waals surface area (Å²) in [6, 6.07) is 2.33. The molecule has 3 rings (SSSR count). The molecule has 1 aliphatic carbocycles. The van der Waals surface area contributed by atoms with E-state index in [1.54, 1.807) is 0 Å². The third kappa shape index (κ3) is 2.75. The molecule has 1 aromatic heterocycles. The lowest BCUT2D eigenvalue weighted by Gasteiger charge is -2.09. The molecular weight excluding hydrogens is 363 g/mol. The molecular formula is C13H11BrClFN4O. The van der Waals surface area contributed by atoms with Crippen molar-refractivity contribution >= 4 is 44.8 Å². The van der Waals surface area contributed by atoms with Crippen LogP contribution in [0.4, 0.5) is 15.8 Å². The van der Waals surface area contributed by atoms with Gasteiger partial charge in [-0.1, -0.05) is 11.6 Å². The highest BCUT2D eigenvalue weighted by atomic mass is 79.9. The van der Waals surface area contributed by atoms with Crippen LogP contribution in [0.5, 0.6) is 0 Å². The fourth-order valence-corrected chi connectivity index (χ4v) is 2.95. The molecule has 1 amide bonds. The third-order valence-corrected chi connectivity index (χ3v) is 4.20. The van der Waals surface area contributed by atoms with Gasteiger partial charge in [0.2, 0.25) is 0 Å². The predicted octanol–water partition coefficient (Wildman–Crippen LogP) is 3.68. The van der Waals surface area contributed by atoms with E-state index < -0.39 is 11.7 Å². The Morgan fingerprint density at radius 3 is 2.86 bits per heavy atom. The fraction of sp³-hybridized carbons (Fsp3) is 0.231. The highest BCUT2D eigenvalue weighted by Crippen LogP contribution is 2.42. The number of H-pyrrole nitrogens is 1. The van der Waals surface area contributed by atoms with Gasteiger partial charge in [0.25, 0.3) is 5.91 Å². The van der Waals surface area contributed by atoms with E-state index in [2.05, 4.69) is 31.4 Å². The quantitative estimate of drug-likeness (QED) is 0.767. The monoisotopic (exact) mass is 372 g/mol. The molecule has 1 fully saturated rings. The van der Waals surface area contributed by atoms with Gasteiger partial charge in [-0.05, 0) is 40.9 Å².